The van der Waals surface area contributed by atoms with Crippen LogP contribution >= 0.6 is 23.1 Å². The van der Waals surface area contributed by atoms with Crippen molar-refractivity contribution < 1.29 is 9.59 Å². The molecule has 162 valence electrons. The smallest absolute Gasteiger partial charge is 0.267 e. The molecule has 0 fully saturated rings. The maximum atomic E-state index is 13.3. The van der Waals surface area contributed by atoms with Crippen molar-refractivity contribution in [1.82, 2.24) is 9.55 Å². The number of carbonyl (C=O) groups is 2. The number of hydrogen-bond donors (Lipinski definition) is 2. The van der Waals surface area contributed by atoms with Gasteiger partial charge in [-0.3, -0.25) is 19.0 Å². The van der Waals surface area contributed by atoms with E-state index >= 15 is 0 Å². The van der Waals surface area contributed by atoms with Crippen LogP contribution < -0.4 is 16.6 Å². The summed E-state index contributed by atoms with van der Waals surface area (Å²) in [5, 5.41) is 3.82. The molecular weight excluding hydrogens is 444 g/mol. The van der Waals surface area contributed by atoms with E-state index in [1.165, 1.54) is 23.1 Å². The van der Waals surface area contributed by atoms with E-state index in [0.29, 0.717) is 32.3 Å². The number of nitrogens with zero attached hydrogens (tertiary/aromatic N) is 2. The van der Waals surface area contributed by atoms with Gasteiger partial charge in [0.15, 0.2) is 5.16 Å². The summed E-state index contributed by atoms with van der Waals surface area (Å²) in [6.07, 6.45) is 0.825. The van der Waals surface area contributed by atoms with Crippen molar-refractivity contribution in [1.29, 1.82) is 0 Å². The highest BCUT2D eigenvalue weighted by Crippen LogP contribution is 2.27. The van der Waals surface area contributed by atoms with Crippen molar-refractivity contribution in [3.63, 3.8) is 0 Å². The lowest BCUT2D eigenvalue weighted by Gasteiger charge is -2.12. The highest BCUT2D eigenvalue weighted by molar-refractivity contribution is 7.99. The summed E-state index contributed by atoms with van der Waals surface area (Å²) in [6, 6.07) is 17.5. The highest BCUT2D eigenvalue weighted by atomic mass is 32.2. The molecule has 0 aliphatic rings. The number of nitrogens with one attached hydrogen (secondary N) is 1. The molecule has 2 heterocycles. The summed E-state index contributed by atoms with van der Waals surface area (Å²) in [5.74, 6) is -0.719. The summed E-state index contributed by atoms with van der Waals surface area (Å²) in [6.45, 7) is 2.04. The Labute approximate surface area is 192 Å². The molecule has 3 N–H and O–H groups in total. The number of fused-ring (bicyclic) bond motifs is 1. The lowest BCUT2D eigenvalue weighted by Crippen LogP contribution is -2.22. The fourth-order valence-corrected chi connectivity index (χ4v) is 4.95. The minimum Gasteiger partial charge on any atom is -0.366 e. The number of rotatable bonds is 7. The fraction of sp³-hybridized carbons (Fsp3) is 0.130. The van der Waals surface area contributed by atoms with Gasteiger partial charge < -0.3 is 11.1 Å². The van der Waals surface area contributed by atoms with Crippen LogP contribution in [-0.4, -0.2) is 27.1 Å². The molecule has 0 spiro atoms. The maximum Gasteiger partial charge on any atom is 0.267 e. The van der Waals surface area contributed by atoms with Gasteiger partial charge in [-0.15, -0.1) is 11.3 Å². The van der Waals surface area contributed by atoms with Crippen molar-refractivity contribution >= 4 is 50.8 Å². The van der Waals surface area contributed by atoms with Gasteiger partial charge in [0.2, 0.25) is 11.8 Å². The number of primary amides is 1. The van der Waals surface area contributed by atoms with E-state index in [2.05, 4.69) is 5.32 Å². The lowest BCUT2D eigenvalue weighted by atomic mass is 10.2. The van der Waals surface area contributed by atoms with Crippen molar-refractivity contribution in [3.05, 3.63) is 81.5 Å². The van der Waals surface area contributed by atoms with Crippen LogP contribution in [0.15, 0.2) is 70.6 Å². The number of carbonyl (C=O) groups excluding carboxylic acids is 2. The van der Waals surface area contributed by atoms with E-state index < -0.39 is 5.91 Å². The second-order valence-electron chi connectivity index (χ2n) is 6.93. The highest BCUT2D eigenvalue weighted by Gasteiger charge is 2.17. The number of aryl methyl sites for hydroxylation is 1. The van der Waals surface area contributed by atoms with Gasteiger partial charge in [-0.1, -0.05) is 36.9 Å². The number of hydrogen-bond acceptors (Lipinski definition) is 6. The van der Waals surface area contributed by atoms with Crippen LogP contribution in [0.1, 0.15) is 22.2 Å². The van der Waals surface area contributed by atoms with Crippen LogP contribution in [0.3, 0.4) is 0 Å². The first-order chi connectivity index (χ1) is 15.5. The predicted octanol–water partition coefficient (Wildman–Crippen LogP) is 3.84. The summed E-state index contributed by atoms with van der Waals surface area (Å²) >= 11 is 2.69. The Morgan fingerprint density at radius 1 is 1.12 bits per heavy atom. The van der Waals surface area contributed by atoms with Gasteiger partial charge in [0.05, 0.1) is 16.8 Å². The van der Waals surface area contributed by atoms with Crippen molar-refractivity contribution in [3.8, 4) is 5.69 Å². The van der Waals surface area contributed by atoms with Gasteiger partial charge >= 0.3 is 0 Å². The fourth-order valence-electron chi connectivity index (χ4n) is 3.13. The molecule has 0 unspecified atom stereocenters. The average Bonchev–Trinajstić information content (AvgIpc) is 3.22. The quantitative estimate of drug-likeness (QED) is 0.319. The van der Waals surface area contributed by atoms with E-state index in [9.17, 15) is 14.4 Å². The molecule has 0 aliphatic carbocycles. The molecule has 0 atom stereocenters. The monoisotopic (exact) mass is 464 g/mol. The van der Waals surface area contributed by atoms with Gasteiger partial charge in [-0.05, 0) is 48.9 Å². The molecule has 0 aliphatic heterocycles. The van der Waals surface area contributed by atoms with Crippen LogP contribution in [-0.2, 0) is 11.2 Å². The molecule has 2 amide bonds. The third kappa shape index (κ3) is 4.58. The number of amides is 2. The molecule has 32 heavy (non-hydrogen) atoms. The second kappa shape index (κ2) is 9.37. The zero-order valence-corrected chi connectivity index (χ0v) is 18.8. The molecule has 0 saturated carbocycles. The van der Waals surface area contributed by atoms with Gasteiger partial charge in [0.1, 0.15) is 4.83 Å². The minimum atomic E-state index is -0.529. The van der Waals surface area contributed by atoms with Crippen LogP contribution in [0, 0.1) is 0 Å². The van der Waals surface area contributed by atoms with Gasteiger partial charge in [-0.25, -0.2) is 4.98 Å². The van der Waals surface area contributed by atoms with E-state index in [-0.39, 0.29) is 17.2 Å². The first kappa shape index (κ1) is 21.8. The number of para-hydroxylation sites is 1. The van der Waals surface area contributed by atoms with E-state index in [1.54, 1.807) is 28.8 Å². The number of thiophene rings is 1. The maximum absolute atomic E-state index is 13.3. The zero-order valence-electron chi connectivity index (χ0n) is 17.2. The van der Waals surface area contributed by atoms with Crippen LogP contribution in [0.5, 0.6) is 0 Å². The van der Waals surface area contributed by atoms with Crippen molar-refractivity contribution in [2.24, 2.45) is 5.73 Å². The van der Waals surface area contributed by atoms with Gasteiger partial charge in [0, 0.05) is 16.1 Å². The number of aromatic nitrogens is 2. The third-order valence-electron chi connectivity index (χ3n) is 4.73. The zero-order chi connectivity index (χ0) is 22.7. The second-order valence-corrected chi connectivity index (χ2v) is 8.99. The van der Waals surface area contributed by atoms with Gasteiger partial charge in [0.25, 0.3) is 5.56 Å². The molecule has 0 saturated heterocycles. The third-order valence-corrected chi connectivity index (χ3v) is 6.85. The van der Waals surface area contributed by atoms with E-state index in [1.807, 2.05) is 43.3 Å². The topological polar surface area (TPSA) is 107 Å². The largest absolute Gasteiger partial charge is 0.366 e. The summed E-state index contributed by atoms with van der Waals surface area (Å²) in [4.78, 5) is 43.4. The minimum absolute atomic E-state index is 0.0639. The van der Waals surface area contributed by atoms with Crippen molar-refractivity contribution in [2.75, 3.05) is 11.1 Å². The molecule has 2 aromatic carbocycles. The summed E-state index contributed by atoms with van der Waals surface area (Å²) < 4.78 is 1.55. The predicted molar refractivity (Wildman–Crippen MR) is 129 cm³/mol. The van der Waals surface area contributed by atoms with Crippen LogP contribution in [0.4, 0.5) is 5.69 Å². The number of thioether (sulfide) groups is 1. The molecule has 0 bridgehead atoms. The Bertz CT molecular complexity index is 1350. The average molecular weight is 465 g/mol. The van der Waals surface area contributed by atoms with Crippen LogP contribution in [0.25, 0.3) is 15.9 Å². The molecule has 9 heteroatoms. The molecule has 2 aromatic heterocycles. The van der Waals surface area contributed by atoms with Gasteiger partial charge in [-0.2, -0.15) is 0 Å². The Balaban J connectivity index is 1.61. The molecule has 4 rings (SSSR count). The molecule has 7 nitrogen and oxygen atoms in total. The van der Waals surface area contributed by atoms with Crippen LogP contribution in [0.2, 0.25) is 0 Å². The standard InChI is InChI=1S/C23H20N4O3S2/c1-2-17-12-18-21(32-17)26-23(27(22(18)30)16-6-4-3-5-7-16)31-13-19(28)25-15-10-8-14(9-11-15)20(24)29/h3-12H,2,13H2,1H3,(H2,24,29)(H,25,28). The number of nitrogens with two attached hydrogens (primary N) is 1. The Morgan fingerprint density at radius 2 is 1.84 bits per heavy atom. The molecule has 0 radical (unpaired) electrons. The Hall–Kier alpha value is -3.43. The molecular formula is C23H20N4O3S2. The number of benzene rings is 2. The van der Waals surface area contributed by atoms with E-state index in [4.69, 9.17) is 10.7 Å². The normalized spacial score (nSPS) is 10.9. The first-order valence-corrected chi connectivity index (χ1v) is 11.7. The first-order valence-electron chi connectivity index (χ1n) is 9.89. The lowest BCUT2D eigenvalue weighted by molar-refractivity contribution is -0.113. The summed E-state index contributed by atoms with van der Waals surface area (Å²) in [5.41, 5.74) is 6.70. The van der Waals surface area contributed by atoms with E-state index in [0.717, 1.165) is 11.3 Å². The number of anilines is 1. The Kier molecular flexibility index (Phi) is 6.38. The summed E-state index contributed by atoms with van der Waals surface area (Å²) in [7, 11) is 0. The molecule has 4 aromatic rings. The Morgan fingerprint density at radius 3 is 2.50 bits per heavy atom. The van der Waals surface area contributed by atoms with Crippen molar-refractivity contribution in [2.45, 2.75) is 18.5 Å². The SMILES string of the molecule is CCc1cc2c(=O)n(-c3ccccc3)c(SCC(=O)Nc3ccc(C(N)=O)cc3)nc2s1.